The van der Waals surface area contributed by atoms with Crippen LogP contribution < -0.4 is 0 Å². The summed E-state index contributed by atoms with van der Waals surface area (Å²) in [6.07, 6.45) is 1.23. The molecule has 0 bridgehead atoms. The first-order valence-electron chi connectivity index (χ1n) is 10.3. The lowest BCUT2D eigenvalue weighted by Gasteiger charge is -2.31. The van der Waals surface area contributed by atoms with Crippen LogP contribution in [0.25, 0.3) is 10.2 Å². The van der Waals surface area contributed by atoms with Crippen molar-refractivity contribution in [3.63, 3.8) is 0 Å². The Morgan fingerprint density at radius 3 is 2.67 bits per heavy atom. The first kappa shape index (κ1) is 20.6. The van der Waals surface area contributed by atoms with Crippen LogP contribution in [-0.2, 0) is 16.1 Å². The van der Waals surface area contributed by atoms with Gasteiger partial charge in [-0.05, 0) is 56.5 Å². The van der Waals surface area contributed by atoms with Crippen molar-refractivity contribution in [2.45, 2.75) is 33.2 Å². The largest absolute Gasteiger partial charge is 0.466 e. The molecular formula is C23H25FN2O3S. The van der Waals surface area contributed by atoms with Gasteiger partial charge in [0.15, 0.2) is 0 Å². The number of amides is 1. The lowest BCUT2D eigenvalue weighted by molar-refractivity contribution is -0.149. The lowest BCUT2D eigenvalue weighted by atomic mass is 9.97. The highest BCUT2D eigenvalue weighted by molar-refractivity contribution is 7.19. The zero-order valence-corrected chi connectivity index (χ0v) is 18.0. The number of aromatic nitrogens is 1. The Labute approximate surface area is 179 Å². The summed E-state index contributed by atoms with van der Waals surface area (Å²) >= 11 is 1.65. The molecule has 4 rings (SSSR count). The van der Waals surface area contributed by atoms with Gasteiger partial charge >= 0.3 is 5.97 Å². The molecule has 0 saturated carbocycles. The molecule has 1 aliphatic heterocycles. The maximum atomic E-state index is 13.7. The standard InChI is InChI=1S/C23H25FN2O3S/c1-3-29-23(28)17-7-9-25(10-8-17)22(27)20-13-21-19(11-15(2)30-21)26(20)14-16-5-4-6-18(24)12-16/h4-6,11-13,17H,3,7-10,14H2,1-2H3. The highest BCUT2D eigenvalue weighted by atomic mass is 32.1. The van der Waals surface area contributed by atoms with Gasteiger partial charge in [0.25, 0.3) is 5.91 Å². The van der Waals surface area contributed by atoms with E-state index in [1.807, 2.05) is 28.5 Å². The number of benzene rings is 1. The fourth-order valence-corrected chi connectivity index (χ4v) is 5.03. The number of nitrogens with zero attached hydrogens (tertiary/aromatic N) is 2. The van der Waals surface area contributed by atoms with Crippen LogP contribution in [0.5, 0.6) is 0 Å². The van der Waals surface area contributed by atoms with Crippen LogP contribution in [-0.4, -0.2) is 41.0 Å². The molecule has 0 unspecified atom stereocenters. The number of carbonyl (C=O) groups excluding carboxylic acids is 2. The van der Waals surface area contributed by atoms with Crippen molar-refractivity contribution in [3.05, 3.63) is 58.3 Å². The summed E-state index contributed by atoms with van der Waals surface area (Å²) in [5.41, 5.74) is 2.41. The Bertz CT molecular complexity index is 1080. The third-order valence-corrected chi connectivity index (χ3v) is 6.55. The number of piperidine rings is 1. The van der Waals surface area contributed by atoms with Gasteiger partial charge in [-0.2, -0.15) is 0 Å². The predicted molar refractivity (Wildman–Crippen MR) is 115 cm³/mol. The Hall–Kier alpha value is -2.67. The molecule has 2 aromatic heterocycles. The quantitative estimate of drug-likeness (QED) is 0.558. The van der Waals surface area contributed by atoms with Gasteiger partial charge in [-0.3, -0.25) is 9.59 Å². The van der Waals surface area contributed by atoms with Crippen molar-refractivity contribution in [1.82, 2.24) is 9.47 Å². The smallest absolute Gasteiger partial charge is 0.309 e. The molecule has 1 aliphatic rings. The van der Waals surface area contributed by atoms with Crippen molar-refractivity contribution in [3.8, 4) is 0 Å². The zero-order chi connectivity index (χ0) is 21.3. The van der Waals surface area contributed by atoms with Gasteiger partial charge in [0.2, 0.25) is 0 Å². The molecule has 3 aromatic rings. The van der Waals surface area contributed by atoms with Crippen molar-refractivity contribution < 1.29 is 18.7 Å². The number of halogens is 1. The van der Waals surface area contributed by atoms with Gasteiger partial charge in [0.1, 0.15) is 11.5 Å². The highest BCUT2D eigenvalue weighted by Crippen LogP contribution is 2.31. The second-order valence-corrected chi connectivity index (χ2v) is 8.96. The van der Waals surface area contributed by atoms with Gasteiger partial charge in [-0.15, -0.1) is 11.3 Å². The van der Waals surface area contributed by atoms with Crippen LogP contribution in [0.15, 0.2) is 36.4 Å². The molecule has 30 heavy (non-hydrogen) atoms. The number of hydrogen-bond acceptors (Lipinski definition) is 4. The summed E-state index contributed by atoms with van der Waals surface area (Å²) in [5.74, 6) is -0.643. The molecule has 5 nitrogen and oxygen atoms in total. The molecule has 158 valence electrons. The third-order valence-electron chi connectivity index (χ3n) is 5.56. The molecule has 0 atom stereocenters. The number of thiophene rings is 1. The van der Waals surface area contributed by atoms with E-state index in [-0.39, 0.29) is 23.6 Å². The first-order valence-corrected chi connectivity index (χ1v) is 11.1. The SMILES string of the molecule is CCOC(=O)C1CCN(C(=O)c2cc3sc(C)cc3n2Cc2cccc(F)c2)CC1. The molecule has 1 amide bonds. The van der Waals surface area contributed by atoms with Gasteiger partial charge in [-0.1, -0.05) is 12.1 Å². The predicted octanol–water partition coefficient (Wildman–Crippen LogP) is 4.61. The highest BCUT2D eigenvalue weighted by Gasteiger charge is 2.30. The summed E-state index contributed by atoms with van der Waals surface area (Å²) < 4.78 is 21.9. The van der Waals surface area contributed by atoms with Crippen molar-refractivity contribution in [1.29, 1.82) is 0 Å². The zero-order valence-electron chi connectivity index (χ0n) is 17.2. The van der Waals surface area contributed by atoms with E-state index in [2.05, 4.69) is 6.07 Å². The van der Waals surface area contributed by atoms with Gasteiger partial charge in [-0.25, -0.2) is 4.39 Å². The molecule has 0 aliphatic carbocycles. The Morgan fingerprint density at radius 2 is 1.97 bits per heavy atom. The average Bonchev–Trinajstić information content (AvgIpc) is 3.25. The third kappa shape index (κ3) is 4.12. The number of hydrogen-bond donors (Lipinski definition) is 0. The maximum Gasteiger partial charge on any atom is 0.309 e. The van der Waals surface area contributed by atoms with E-state index in [1.165, 1.54) is 17.0 Å². The number of aryl methyl sites for hydroxylation is 1. The van der Waals surface area contributed by atoms with E-state index < -0.39 is 0 Å². The van der Waals surface area contributed by atoms with E-state index in [9.17, 15) is 14.0 Å². The van der Waals surface area contributed by atoms with E-state index in [4.69, 9.17) is 4.74 Å². The Kier molecular flexibility index (Phi) is 5.90. The molecule has 0 spiro atoms. The molecule has 1 saturated heterocycles. The number of likely N-dealkylation sites (tertiary alicyclic amines) is 1. The van der Waals surface area contributed by atoms with E-state index in [1.54, 1.807) is 24.3 Å². The minimum absolute atomic E-state index is 0.0465. The Balaban J connectivity index is 1.58. The molecule has 1 aromatic carbocycles. The minimum atomic E-state index is -0.286. The van der Waals surface area contributed by atoms with E-state index in [0.717, 1.165) is 15.8 Å². The first-order chi connectivity index (χ1) is 14.5. The van der Waals surface area contributed by atoms with Crippen LogP contribution >= 0.6 is 11.3 Å². The number of esters is 1. The second kappa shape index (κ2) is 8.60. The van der Waals surface area contributed by atoms with Crippen LogP contribution in [0.4, 0.5) is 4.39 Å². The summed E-state index contributed by atoms with van der Waals surface area (Å²) in [4.78, 5) is 28.3. The van der Waals surface area contributed by atoms with E-state index >= 15 is 0 Å². The number of ether oxygens (including phenoxy) is 1. The molecule has 0 N–H and O–H groups in total. The molecular weight excluding hydrogens is 403 g/mol. The molecule has 0 radical (unpaired) electrons. The van der Waals surface area contributed by atoms with Crippen molar-refractivity contribution in [2.24, 2.45) is 5.92 Å². The van der Waals surface area contributed by atoms with Crippen LogP contribution in [0.3, 0.4) is 0 Å². The topological polar surface area (TPSA) is 51.5 Å². The molecule has 3 heterocycles. The fourth-order valence-electron chi connectivity index (χ4n) is 4.07. The van der Waals surface area contributed by atoms with Gasteiger partial charge in [0, 0.05) is 24.5 Å². The Morgan fingerprint density at radius 1 is 1.20 bits per heavy atom. The van der Waals surface area contributed by atoms with Crippen molar-refractivity contribution in [2.75, 3.05) is 19.7 Å². The second-order valence-electron chi connectivity index (χ2n) is 7.67. The summed E-state index contributed by atoms with van der Waals surface area (Å²) in [6, 6.07) is 10.5. The molecule has 7 heteroatoms. The van der Waals surface area contributed by atoms with Crippen LogP contribution in [0.2, 0.25) is 0 Å². The summed E-state index contributed by atoms with van der Waals surface area (Å²) in [6.45, 7) is 5.70. The molecule has 1 fully saturated rings. The number of fused-ring (bicyclic) bond motifs is 1. The fraction of sp³-hybridized carbons (Fsp3) is 0.391. The van der Waals surface area contributed by atoms with Gasteiger partial charge < -0.3 is 14.2 Å². The minimum Gasteiger partial charge on any atom is -0.466 e. The average molecular weight is 429 g/mol. The summed E-state index contributed by atoms with van der Waals surface area (Å²) in [5, 5.41) is 0. The normalized spacial score (nSPS) is 15.0. The number of carbonyl (C=O) groups is 2. The van der Waals surface area contributed by atoms with Crippen molar-refractivity contribution >= 4 is 33.4 Å². The maximum absolute atomic E-state index is 13.7. The lowest BCUT2D eigenvalue weighted by Crippen LogP contribution is -2.41. The number of rotatable bonds is 5. The van der Waals surface area contributed by atoms with E-state index in [0.29, 0.717) is 44.8 Å². The summed E-state index contributed by atoms with van der Waals surface area (Å²) in [7, 11) is 0. The van der Waals surface area contributed by atoms with Crippen LogP contribution in [0, 0.1) is 18.7 Å². The van der Waals surface area contributed by atoms with Gasteiger partial charge in [0.05, 0.1) is 22.7 Å². The van der Waals surface area contributed by atoms with Crippen LogP contribution in [0.1, 0.15) is 40.7 Å². The monoisotopic (exact) mass is 428 g/mol.